The van der Waals surface area contributed by atoms with Crippen LogP contribution in [0.5, 0.6) is 0 Å². The second-order valence-corrected chi connectivity index (χ2v) is 11.8. The third-order valence-electron chi connectivity index (χ3n) is 8.04. The van der Waals surface area contributed by atoms with Crippen LogP contribution >= 0.6 is 11.3 Å². The van der Waals surface area contributed by atoms with Gasteiger partial charge < -0.3 is 15.5 Å². The van der Waals surface area contributed by atoms with Crippen molar-refractivity contribution in [2.24, 2.45) is 16.7 Å². The molecule has 0 radical (unpaired) electrons. The molecule has 0 aliphatic heterocycles. The zero-order valence-corrected chi connectivity index (χ0v) is 21.4. The van der Waals surface area contributed by atoms with Gasteiger partial charge in [0, 0.05) is 34.2 Å². The molecule has 1 fully saturated rings. The number of aliphatic hydroxyl groups is 2. The first-order valence-corrected chi connectivity index (χ1v) is 12.9. The van der Waals surface area contributed by atoms with E-state index in [1.54, 1.807) is 0 Å². The van der Waals surface area contributed by atoms with E-state index in [-0.39, 0.29) is 47.8 Å². The Morgan fingerprint density at radius 1 is 1.31 bits per heavy atom. The Labute approximate surface area is 209 Å². The van der Waals surface area contributed by atoms with Gasteiger partial charge in [0.05, 0.1) is 18.4 Å². The van der Waals surface area contributed by atoms with Gasteiger partial charge in [0.2, 0.25) is 5.91 Å². The lowest BCUT2D eigenvalue weighted by molar-refractivity contribution is -0.144. The van der Waals surface area contributed by atoms with Crippen LogP contribution in [-0.4, -0.2) is 45.8 Å². The first-order valence-electron chi connectivity index (χ1n) is 12.1. The highest BCUT2D eigenvalue weighted by molar-refractivity contribution is 7.15. The molecule has 35 heavy (non-hydrogen) atoms. The number of hydrogen-bond donors (Lipinski definition) is 4. The molecule has 0 spiro atoms. The fourth-order valence-corrected chi connectivity index (χ4v) is 7.13. The van der Waals surface area contributed by atoms with Crippen LogP contribution in [0.2, 0.25) is 0 Å². The molecule has 2 aliphatic rings. The first-order chi connectivity index (χ1) is 16.5. The van der Waals surface area contributed by atoms with Crippen molar-refractivity contribution < 1.29 is 24.2 Å². The summed E-state index contributed by atoms with van der Waals surface area (Å²) in [5, 5.41) is 27.4. The summed E-state index contributed by atoms with van der Waals surface area (Å²) < 4.78 is 13.6. The molecule has 4 rings (SSSR count). The van der Waals surface area contributed by atoms with Gasteiger partial charge in [-0.25, -0.2) is 9.37 Å². The van der Waals surface area contributed by atoms with Gasteiger partial charge in [-0.2, -0.15) is 0 Å². The quantitative estimate of drug-likeness (QED) is 0.478. The number of thiazole rings is 1. The molecule has 0 unspecified atom stereocenters. The smallest absolute Gasteiger partial charge is 0.257 e. The third kappa shape index (κ3) is 4.73. The Hall–Kier alpha value is -2.36. The zero-order valence-electron chi connectivity index (χ0n) is 20.6. The number of fused-ring (bicyclic) bond motifs is 2. The number of carbonyl (C=O) groups is 2. The van der Waals surface area contributed by atoms with Crippen molar-refractivity contribution in [1.82, 2.24) is 10.3 Å². The fraction of sp³-hybridized carbons (Fsp3) is 0.577. The van der Waals surface area contributed by atoms with Gasteiger partial charge in [-0.05, 0) is 62.6 Å². The number of hydrogen-bond acceptors (Lipinski definition) is 6. The van der Waals surface area contributed by atoms with Gasteiger partial charge in [0.1, 0.15) is 5.82 Å². The summed E-state index contributed by atoms with van der Waals surface area (Å²) in [6.07, 6.45) is 1.43. The number of carbonyl (C=O) groups excluding carboxylic acids is 2. The lowest BCUT2D eigenvalue weighted by Gasteiger charge is -2.58. The summed E-state index contributed by atoms with van der Waals surface area (Å²) in [7, 11) is 0. The number of anilines is 1. The van der Waals surface area contributed by atoms with Crippen molar-refractivity contribution in [3.05, 3.63) is 46.2 Å². The lowest BCUT2D eigenvalue weighted by atomic mass is 9.47. The number of aliphatic hydroxyl groups excluding tert-OH is 2. The largest absolute Gasteiger partial charge is 0.396 e. The van der Waals surface area contributed by atoms with Crippen LogP contribution in [0.25, 0.3) is 0 Å². The van der Waals surface area contributed by atoms with Gasteiger partial charge in [0.15, 0.2) is 5.13 Å². The summed E-state index contributed by atoms with van der Waals surface area (Å²) >= 11 is 1.34. The molecular weight excluding hydrogens is 469 g/mol. The first kappa shape index (κ1) is 25.7. The fourth-order valence-electron chi connectivity index (χ4n) is 6.06. The topological polar surface area (TPSA) is 112 Å². The predicted molar refractivity (Wildman–Crippen MR) is 133 cm³/mol. The van der Waals surface area contributed by atoms with E-state index in [9.17, 15) is 24.2 Å². The number of benzene rings is 1. The molecule has 190 valence electrons. The number of aromatic nitrogens is 1. The van der Waals surface area contributed by atoms with Crippen LogP contribution < -0.4 is 10.6 Å². The standard InChI is InChI=1S/C26H34FN3O4S/c1-14(2)28-21(33)11-17-22-18(12-19-25(17,3)9-8-20(32)26(19,4)13-31)35-24(29-22)30-23(34)15-6-5-7-16(27)10-15/h5-7,10,14,17,19-20,31-32H,8-9,11-13H2,1-4H3,(H,28,33)(H,29,30,34)/t17-,19+,20+,25-,26-/m0/s1. The average Bonchev–Trinajstić information content (AvgIpc) is 3.19. The summed E-state index contributed by atoms with van der Waals surface area (Å²) in [6, 6.07) is 5.47. The normalized spacial score (nSPS) is 29.9. The average molecular weight is 504 g/mol. The second-order valence-electron chi connectivity index (χ2n) is 10.8. The minimum atomic E-state index is -0.716. The van der Waals surface area contributed by atoms with E-state index in [1.165, 1.54) is 35.6 Å². The van der Waals surface area contributed by atoms with Gasteiger partial charge >= 0.3 is 0 Å². The predicted octanol–water partition coefficient (Wildman–Crippen LogP) is 3.86. The van der Waals surface area contributed by atoms with Crippen molar-refractivity contribution in [2.75, 3.05) is 11.9 Å². The molecule has 1 saturated carbocycles. The number of amides is 2. The van der Waals surface area contributed by atoms with Gasteiger partial charge in [0.25, 0.3) is 5.91 Å². The van der Waals surface area contributed by atoms with Crippen molar-refractivity contribution in [1.29, 1.82) is 0 Å². The van der Waals surface area contributed by atoms with Gasteiger partial charge in [-0.15, -0.1) is 11.3 Å². The second kappa shape index (κ2) is 9.59. The maximum absolute atomic E-state index is 13.6. The van der Waals surface area contributed by atoms with Crippen LogP contribution in [0.4, 0.5) is 9.52 Å². The van der Waals surface area contributed by atoms with E-state index in [4.69, 9.17) is 4.98 Å². The highest BCUT2D eigenvalue weighted by atomic mass is 32.1. The van der Waals surface area contributed by atoms with Gasteiger partial charge in [-0.1, -0.05) is 19.9 Å². The molecule has 1 heterocycles. The van der Waals surface area contributed by atoms with Crippen LogP contribution in [-0.2, 0) is 11.2 Å². The van der Waals surface area contributed by atoms with Crippen LogP contribution in [0.1, 0.15) is 73.8 Å². The molecular formula is C26H34FN3O4S. The Balaban J connectivity index is 1.71. The number of nitrogens with one attached hydrogen (secondary N) is 2. The van der Waals surface area contributed by atoms with E-state index >= 15 is 0 Å². The molecule has 7 nitrogen and oxygen atoms in total. The molecule has 2 aliphatic carbocycles. The molecule has 1 aromatic heterocycles. The Bertz CT molecular complexity index is 1120. The maximum Gasteiger partial charge on any atom is 0.257 e. The highest BCUT2D eigenvalue weighted by Gasteiger charge is 2.59. The number of nitrogens with zero attached hydrogens (tertiary/aromatic N) is 1. The van der Waals surface area contributed by atoms with Crippen molar-refractivity contribution >= 4 is 28.3 Å². The Morgan fingerprint density at radius 2 is 2.06 bits per heavy atom. The van der Waals surface area contributed by atoms with Crippen molar-refractivity contribution in [3.63, 3.8) is 0 Å². The Morgan fingerprint density at radius 3 is 2.71 bits per heavy atom. The monoisotopic (exact) mass is 503 g/mol. The minimum Gasteiger partial charge on any atom is -0.396 e. The van der Waals surface area contributed by atoms with Crippen LogP contribution in [0.15, 0.2) is 24.3 Å². The number of halogens is 1. The van der Waals surface area contributed by atoms with Crippen molar-refractivity contribution in [2.45, 2.75) is 71.4 Å². The molecule has 5 atom stereocenters. The molecule has 1 aromatic carbocycles. The maximum atomic E-state index is 13.6. The summed E-state index contributed by atoms with van der Waals surface area (Å²) in [5.41, 5.74) is -0.0935. The number of rotatable bonds is 6. The minimum absolute atomic E-state index is 0.00148. The van der Waals surface area contributed by atoms with Crippen LogP contribution in [0, 0.1) is 22.6 Å². The summed E-state index contributed by atoms with van der Waals surface area (Å²) in [5.74, 6) is -1.33. The summed E-state index contributed by atoms with van der Waals surface area (Å²) in [4.78, 5) is 31.3. The SMILES string of the molecule is CC(C)NC(=O)C[C@H]1c2nc(NC(=O)c3cccc(F)c3)sc2C[C@H]2[C@](C)(CO)[C@H](O)CC[C@]21C. The lowest BCUT2D eigenvalue weighted by Crippen LogP contribution is -2.57. The van der Waals surface area contributed by atoms with E-state index in [0.29, 0.717) is 24.4 Å². The molecule has 0 bridgehead atoms. The molecule has 2 amide bonds. The Kier molecular flexibility index (Phi) is 7.05. The van der Waals surface area contributed by atoms with Crippen molar-refractivity contribution in [3.8, 4) is 0 Å². The van der Waals surface area contributed by atoms with E-state index in [1.807, 2.05) is 20.8 Å². The zero-order chi connectivity index (χ0) is 25.5. The van der Waals surface area contributed by atoms with E-state index in [0.717, 1.165) is 10.6 Å². The molecule has 0 saturated heterocycles. The third-order valence-corrected chi connectivity index (χ3v) is 9.05. The van der Waals surface area contributed by atoms with E-state index < -0.39 is 23.2 Å². The highest BCUT2D eigenvalue weighted by Crippen LogP contribution is 2.62. The molecule has 9 heteroatoms. The van der Waals surface area contributed by atoms with E-state index in [2.05, 4.69) is 17.6 Å². The molecule has 4 N–H and O–H groups in total. The van der Waals surface area contributed by atoms with Gasteiger partial charge in [-0.3, -0.25) is 14.9 Å². The summed E-state index contributed by atoms with van der Waals surface area (Å²) in [6.45, 7) is 7.73. The molecule has 2 aromatic rings. The van der Waals surface area contributed by atoms with Crippen LogP contribution in [0.3, 0.4) is 0 Å².